The molecule has 2 heterocycles. The smallest absolute Gasteiger partial charge is 0.165 e. The molecule has 0 amide bonds. The van der Waals surface area contributed by atoms with Gasteiger partial charge in [0.15, 0.2) is 11.5 Å². The van der Waals surface area contributed by atoms with Crippen molar-refractivity contribution in [2.24, 2.45) is 0 Å². The minimum atomic E-state index is -0.274. The molecule has 0 saturated carbocycles. The molecular weight excluding hydrogens is 337 g/mol. The maximum atomic E-state index is 13.1. The van der Waals surface area contributed by atoms with Gasteiger partial charge in [-0.2, -0.15) is 4.68 Å². The molecule has 4 rings (SSSR count). The highest BCUT2D eigenvalue weighted by atomic mass is 32.1. The molecule has 0 atom stereocenters. The second kappa shape index (κ2) is 6.10. The number of nitrogens with zero attached hydrogens (tertiary/aromatic N) is 4. The number of thiazole rings is 1. The van der Waals surface area contributed by atoms with Crippen LogP contribution < -0.4 is 5.73 Å². The summed E-state index contributed by atoms with van der Waals surface area (Å²) >= 11 is 1.43. The molecule has 2 N–H and O–H groups in total. The number of aryl methyl sites for hydroxylation is 1. The van der Waals surface area contributed by atoms with Crippen molar-refractivity contribution in [1.29, 1.82) is 0 Å². The number of nitrogen functional groups attached to an aromatic ring is 1. The van der Waals surface area contributed by atoms with Crippen LogP contribution in [-0.2, 0) is 0 Å². The molecule has 7 heteroatoms. The predicted octanol–water partition coefficient (Wildman–Crippen LogP) is 4.09. The van der Waals surface area contributed by atoms with E-state index in [1.165, 1.54) is 23.5 Å². The lowest BCUT2D eigenvalue weighted by atomic mass is 10.2. The minimum absolute atomic E-state index is 0.274. The number of halogens is 1. The van der Waals surface area contributed by atoms with E-state index < -0.39 is 0 Å². The first-order chi connectivity index (χ1) is 12.1. The van der Waals surface area contributed by atoms with E-state index in [0.29, 0.717) is 16.5 Å². The third kappa shape index (κ3) is 2.89. The molecule has 0 saturated heterocycles. The molecule has 0 aliphatic carbocycles. The average molecular weight is 351 g/mol. The molecule has 25 heavy (non-hydrogen) atoms. The first kappa shape index (κ1) is 15.5. The van der Waals surface area contributed by atoms with Crippen LogP contribution in [0.4, 0.5) is 10.2 Å². The molecule has 2 aromatic carbocycles. The molecule has 4 aromatic rings. The Morgan fingerprint density at radius 1 is 1.04 bits per heavy atom. The highest BCUT2D eigenvalue weighted by Crippen LogP contribution is 2.31. The third-order valence-corrected chi connectivity index (χ3v) is 4.68. The summed E-state index contributed by atoms with van der Waals surface area (Å²) in [5.74, 6) is 0.161. The van der Waals surface area contributed by atoms with E-state index in [4.69, 9.17) is 5.73 Å². The first-order valence-corrected chi connectivity index (χ1v) is 8.50. The van der Waals surface area contributed by atoms with Gasteiger partial charge in [-0.3, -0.25) is 0 Å². The zero-order valence-corrected chi connectivity index (χ0v) is 14.2. The van der Waals surface area contributed by atoms with Gasteiger partial charge in [0.25, 0.3) is 0 Å². The van der Waals surface area contributed by atoms with Gasteiger partial charge in [-0.1, -0.05) is 22.9 Å². The fourth-order valence-corrected chi connectivity index (χ4v) is 3.27. The van der Waals surface area contributed by atoms with E-state index in [1.807, 2.05) is 36.6 Å². The van der Waals surface area contributed by atoms with Crippen molar-refractivity contribution in [1.82, 2.24) is 20.0 Å². The van der Waals surface area contributed by atoms with Crippen LogP contribution in [0, 0.1) is 12.7 Å². The lowest BCUT2D eigenvalue weighted by molar-refractivity contribution is 0.628. The quantitative estimate of drug-likeness (QED) is 0.604. The topological polar surface area (TPSA) is 69.6 Å². The van der Waals surface area contributed by atoms with Crippen LogP contribution in [0.1, 0.15) is 5.56 Å². The summed E-state index contributed by atoms with van der Waals surface area (Å²) in [7, 11) is 0. The summed E-state index contributed by atoms with van der Waals surface area (Å²) in [5, 5.41) is 10.9. The molecular formula is C18H14FN5S. The second-order valence-corrected chi connectivity index (χ2v) is 6.47. The zero-order chi connectivity index (χ0) is 17.4. The second-order valence-electron chi connectivity index (χ2n) is 5.62. The molecule has 0 unspecified atom stereocenters. The maximum Gasteiger partial charge on any atom is 0.165 e. The van der Waals surface area contributed by atoms with Gasteiger partial charge in [-0.05, 0) is 43.3 Å². The SMILES string of the molecule is Cc1ccc(-n2nnc(-c3nc(-c4ccc(F)cc4)cs3)c2N)cc1. The predicted molar refractivity (Wildman–Crippen MR) is 97.0 cm³/mol. The Labute approximate surface area is 147 Å². The summed E-state index contributed by atoms with van der Waals surface area (Å²) in [5.41, 5.74) is 10.4. The summed E-state index contributed by atoms with van der Waals surface area (Å²) in [4.78, 5) is 4.56. The Bertz CT molecular complexity index is 1020. The maximum absolute atomic E-state index is 13.1. The standard InChI is InChI=1S/C18H14FN5S/c1-11-2-8-14(9-3-11)24-17(20)16(22-23-24)18-21-15(10-25-18)12-4-6-13(19)7-5-12/h2-10H,20H2,1H3. The van der Waals surface area contributed by atoms with Crippen molar-refractivity contribution in [3.05, 3.63) is 65.3 Å². The highest BCUT2D eigenvalue weighted by Gasteiger charge is 2.16. The summed E-state index contributed by atoms with van der Waals surface area (Å²) in [6.45, 7) is 2.02. The van der Waals surface area contributed by atoms with Gasteiger partial charge in [0.1, 0.15) is 10.8 Å². The number of nitrogens with two attached hydrogens (primary N) is 1. The highest BCUT2D eigenvalue weighted by molar-refractivity contribution is 7.13. The fraction of sp³-hybridized carbons (Fsp3) is 0.0556. The van der Waals surface area contributed by atoms with Crippen molar-refractivity contribution < 1.29 is 4.39 Å². The number of anilines is 1. The van der Waals surface area contributed by atoms with E-state index >= 15 is 0 Å². The van der Waals surface area contributed by atoms with E-state index in [2.05, 4.69) is 15.3 Å². The lowest BCUT2D eigenvalue weighted by Gasteiger charge is -2.03. The van der Waals surface area contributed by atoms with Gasteiger partial charge in [-0.25, -0.2) is 9.37 Å². The average Bonchev–Trinajstić information content (AvgIpc) is 3.23. The van der Waals surface area contributed by atoms with Crippen molar-refractivity contribution in [3.63, 3.8) is 0 Å². The van der Waals surface area contributed by atoms with Gasteiger partial charge in [-0.15, -0.1) is 16.4 Å². The van der Waals surface area contributed by atoms with Crippen LogP contribution in [0.25, 0.3) is 27.6 Å². The van der Waals surface area contributed by atoms with Crippen LogP contribution in [0.3, 0.4) is 0 Å². The number of hydrogen-bond acceptors (Lipinski definition) is 5. The minimum Gasteiger partial charge on any atom is -0.382 e. The van der Waals surface area contributed by atoms with Crippen LogP contribution in [0.5, 0.6) is 0 Å². The number of benzene rings is 2. The third-order valence-electron chi connectivity index (χ3n) is 3.83. The molecule has 0 radical (unpaired) electrons. The van der Waals surface area contributed by atoms with Crippen LogP contribution in [0.15, 0.2) is 53.9 Å². The van der Waals surface area contributed by atoms with Crippen molar-refractivity contribution >= 4 is 17.2 Å². The van der Waals surface area contributed by atoms with E-state index in [0.717, 1.165) is 22.5 Å². The Kier molecular flexibility index (Phi) is 3.77. The van der Waals surface area contributed by atoms with Gasteiger partial charge in [0, 0.05) is 10.9 Å². The number of aromatic nitrogens is 4. The molecule has 2 aromatic heterocycles. The molecule has 0 fully saturated rings. The molecule has 0 aliphatic heterocycles. The van der Waals surface area contributed by atoms with E-state index in [1.54, 1.807) is 16.8 Å². The van der Waals surface area contributed by atoms with Gasteiger partial charge in [0.2, 0.25) is 0 Å². The van der Waals surface area contributed by atoms with E-state index in [9.17, 15) is 4.39 Å². The Morgan fingerprint density at radius 2 is 1.76 bits per heavy atom. The normalized spacial score (nSPS) is 11.0. The van der Waals surface area contributed by atoms with Crippen molar-refractivity contribution in [2.45, 2.75) is 6.92 Å². The van der Waals surface area contributed by atoms with Crippen LogP contribution in [-0.4, -0.2) is 20.0 Å². The monoisotopic (exact) mass is 351 g/mol. The molecule has 124 valence electrons. The summed E-state index contributed by atoms with van der Waals surface area (Å²) in [6.07, 6.45) is 0. The molecule has 0 aliphatic rings. The number of hydrogen-bond donors (Lipinski definition) is 1. The summed E-state index contributed by atoms with van der Waals surface area (Å²) < 4.78 is 14.7. The van der Waals surface area contributed by atoms with Crippen LogP contribution >= 0.6 is 11.3 Å². The van der Waals surface area contributed by atoms with Crippen molar-refractivity contribution in [3.8, 4) is 27.6 Å². The van der Waals surface area contributed by atoms with Gasteiger partial charge in [0.05, 0.1) is 11.4 Å². The fourth-order valence-electron chi connectivity index (χ4n) is 2.45. The largest absolute Gasteiger partial charge is 0.382 e. The lowest BCUT2D eigenvalue weighted by Crippen LogP contribution is -2.02. The van der Waals surface area contributed by atoms with Crippen molar-refractivity contribution in [2.75, 3.05) is 5.73 Å². The van der Waals surface area contributed by atoms with Gasteiger partial charge >= 0.3 is 0 Å². The Morgan fingerprint density at radius 3 is 2.48 bits per heavy atom. The summed E-state index contributed by atoms with van der Waals surface area (Å²) in [6, 6.07) is 14.1. The van der Waals surface area contributed by atoms with Gasteiger partial charge < -0.3 is 5.73 Å². The Hall–Kier alpha value is -3.06. The molecule has 0 bridgehead atoms. The molecule has 0 spiro atoms. The van der Waals surface area contributed by atoms with E-state index in [-0.39, 0.29) is 5.82 Å². The first-order valence-electron chi connectivity index (χ1n) is 7.62. The number of rotatable bonds is 3. The zero-order valence-electron chi connectivity index (χ0n) is 13.3. The molecule has 5 nitrogen and oxygen atoms in total. The van der Waals surface area contributed by atoms with Crippen LogP contribution in [0.2, 0.25) is 0 Å². The Balaban J connectivity index is 1.69.